The third-order valence-electron chi connectivity index (χ3n) is 2.54. The SMILES string of the molecule is N#C[C@@H]1CCCN(c2ccnc(Cl)n2)C1. The van der Waals surface area contributed by atoms with Crippen molar-refractivity contribution in [1.29, 1.82) is 5.26 Å². The summed E-state index contributed by atoms with van der Waals surface area (Å²) < 4.78 is 0. The molecular formula is C10H11ClN4. The maximum atomic E-state index is 8.87. The lowest BCUT2D eigenvalue weighted by Crippen LogP contribution is -2.35. The molecule has 4 nitrogen and oxygen atoms in total. The molecule has 78 valence electrons. The van der Waals surface area contributed by atoms with E-state index < -0.39 is 0 Å². The molecule has 15 heavy (non-hydrogen) atoms. The van der Waals surface area contributed by atoms with Crippen molar-refractivity contribution in [3.05, 3.63) is 17.5 Å². The fraction of sp³-hybridized carbons (Fsp3) is 0.500. The number of nitriles is 1. The highest BCUT2D eigenvalue weighted by Gasteiger charge is 2.20. The molecule has 5 heteroatoms. The second-order valence-corrected chi connectivity index (χ2v) is 3.94. The third kappa shape index (κ3) is 2.37. The first-order chi connectivity index (χ1) is 7.29. The van der Waals surface area contributed by atoms with Gasteiger partial charge >= 0.3 is 0 Å². The Bertz CT molecular complexity index is 387. The summed E-state index contributed by atoms with van der Waals surface area (Å²) >= 11 is 5.72. The van der Waals surface area contributed by atoms with Gasteiger partial charge in [0, 0.05) is 19.3 Å². The van der Waals surface area contributed by atoms with E-state index in [2.05, 4.69) is 20.9 Å². The van der Waals surface area contributed by atoms with Crippen molar-refractivity contribution in [2.75, 3.05) is 18.0 Å². The maximum absolute atomic E-state index is 8.87. The van der Waals surface area contributed by atoms with Gasteiger partial charge in [0.2, 0.25) is 5.28 Å². The molecule has 1 aromatic heterocycles. The number of anilines is 1. The minimum Gasteiger partial charge on any atom is -0.355 e. The summed E-state index contributed by atoms with van der Waals surface area (Å²) in [5.41, 5.74) is 0. The minimum absolute atomic E-state index is 0.104. The summed E-state index contributed by atoms with van der Waals surface area (Å²) in [5, 5.41) is 9.13. The molecule has 0 saturated carbocycles. The smallest absolute Gasteiger partial charge is 0.224 e. The number of halogens is 1. The zero-order valence-corrected chi connectivity index (χ0v) is 8.98. The topological polar surface area (TPSA) is 52.8 Å². The molecular weight excluding hydrogens is 212 g/mol. The lowest BCUT2D eigenvalue weighted by atomic mass is 10.00. The van der Waals surface area contributed by atoms with Crippen LogP contribution in [0, 0.1) is 17.2 Å². The van der Waals surface area contributed by atoms with E-state index in [0.717, 1.165) is 31.7 Å². The van der Waals surface area contributed by atoms with Gasteiger partial charge in [-0.1, -0.05) is 0 Å². The standard InChI is InChI=1S/C10H11ClN4/c11-10-13-4-3-9(14-10)15-5-1-2-8(6-12)7-15/h3-4,8H,1-2,5,7H2/t8-/m0/s1. The Morgan fingerprint density at radius 2 is 2.47 bits per heavy atom. The average Bonchev–Trinajstić information content (AvgIpc) is 2.29. The van der Waals surface area contributed by atoms with E-state index in [1.165, 1.54) is 0 Å². The highest BCUT2D eigenvalue weighted by molar-refractivity contribution is 6.28. The molecule has 2 heterocycles. The molecule has 0 unspecified atom stereocenters. The van der Waals surface area contributed by atoms with Crippen LogP contribution in [-0.4, -0.2) is 23.1 Å². The van der Waals surface area contributed by atoms with Crippen molar-refractivity contribution in [2.24, 2.45) is 5.92 Å². The van der Waals surface area contributed by atoms with Gasteiger partial charge in [0.25, 0.3) is 0 Å². The van der Waals surface area contributed by atoms with Gasteiger partial charge in [-0.05, 0) is 30.5 Å². The monoisotopic (exact) mass is 222 g/mol. The number of hydrogen-bond donors (Lipinski definition) is 0. The summed E-state index contributed by atoms with van der Waals surface area (Å²) in [5.74, 6) is 0.919. The summed E-state index contributed by atoms with van der Waals surface area (Å²) in [7, 11) is 0. The molecule has 2 rings (SSSR count). The molecule has 0 amide bonds. The maximum Gasteiger partial charge on any atom is 0.224 e. The van der Waals surface area contributed by atoms with Gasteiger partial charge in [-0.2, -0.15) is 5.26 Å². The van der Waals surface area contributed by atoms with Gasteiger partial charge in [0.15, 0.2) is 0 Å². The quantitative estimate of drug-likeness (QED) is 0.681. The van der Waals surface area contributed by atoms with Crippen LogP contribution < -0.4 is 4.90 Å². The molecule has 1 saturated heterocycles. The summed E-state index contributed by atoms with van der Waals surface area (Å²) in [6.07, 6.45) is 3.65. The summed E-state index contributed by atoms with van der Waals surface area (Å²) in [4.78, 5) is 10.1. The van der Waals surface area contributed by atoms with Crippen molar-refractivity contribution in [3.63, 3.8) is 0 Å². The van der Waals surface area contributed by atoms with Gasteiger partial charge in [0.05, 0.1) is 12.0 Å². The normalized spacial score (nSPS) is 21.1. The van der Waals surface area contributed by atoms with Crippen LogP contribution in [0.15, 0.2) is 12.3 Å². The Balaban J connectivity index is 2.14. The number of hydrogen-bond acceptors (Lipinski definition) is 4. The zero-order chi connectivity index (χ0) is 10.7. The van der Waals surface area contributed by atoms with Crippen molar-refractivity contribution in [2.45, 2.75) is 12.8 Å². The fourth-order valence-electron chi connectivity index (χ4n) is 1.79. The number of piperidine rings is 1. The van der Waals surface area contributed by atoms with E-state index in [9.17, 15) is 0 Å². The Labute approximate surface area is 93.5 Å². The molecule has 0 aliphatic carbocycles. The van der Waals surface area contributed by atoms with Crippen molar-refractivity contribution < 1.29 is 0 Å². The van der Waals surface area contributed by atoms with Gasteiger partial charge in [0.1, 0.15) is 5.82 Å². The lowest BCUT2D eigenvalue weighted by molar-refractivity contribution is 0.490. The molecule has 1 aliphatic rings. The van der Waals surface area contributed by atoms with Crippen molar-refractivity contribution in [1.82, 2.24) is 9.97 Å². The number of aromatic nitrogens is 2. The summed E-state index contributed by atoms with van der Waals surface area (Å²) in [6, 6.07) is 4.13. The molecule has 0 spiro atoms. The van der Waals surface area contributed by atoms with Gasteiger partial charge in [-0.3, -0.25) is 0 Å². The molecule has 0 radical (unpaired) electrons. The van der Waals surface area contributed by atoms with E-state index in [1.54, 1.807) is 6.20 Å². The molecule has 1 aliphatic heterocycles. The molecule has 0 N–H and O–H groups in total. The van der Waals surface area contributed by atoms with Crippen LogP contribution in [0.1, 0.15) is 12.8 Å². The Hall–Kier alpha value is -1.34. The first-order valence-corrected chi connectivity index (χ1v) is 5.30. The largest absolute Gasteiger partial charge is 0.355 e. The molecule has 1 atom stereocenters. The highest BCUT2D eigenvalue weighted by Crippen LogP contribution is 2.21. The third-order valence-corrected chi connectivity index (χ3v) is 2.72. The second-order valence-electron chi connectivity index (χ2n) is 3.60. The highest BCUT2D eigenvalue weighted by atomic mass is 35.5. The van der Waals surface area contributed by atoms with Crippen molar-refractivity contribution in [3.8, 4) is 6.07 Å². The minimum atomic E-state index is 0.104. The lowest BCUT2D eigenvalue weighted by Gasteiger charge is -2.30. The van der Waals surface area contributed by atoms with Gasteiger partial charge < -0.3 is 4.90 Å². The van der Waals surface area contributed by atoms with Crippen LogP contribution in [0.2, 0.25) is 5.28 Å². The first-order valence-electron chi connectivity index (χ1n) is 4.92. The number of nitrogens with zero attached hydrogens (tertiary/aromatic N) is 4. The molecule has 0 aromatic carbocycles. The van der Waals surface area contributed by atoms with E-state index in [-0.39, 0.29) is 11.2 Å². The van der Waals surface area contributed by atoms with Crippen LogP contribution >= 0.6 is 11.6 Å². The van der Waals surface area contributed by atoms with Gasteiger partial charge in [-0.15, -0.1) is 0 Å². The van der Waals surface area contributed by atoms with Gasteiger partial charge in [-0.25, -0.2) is 9.97 Å². The summed E-state index contributed by atoms with van der Waals surface area (Å²) in [6.45, 7) is 1.68. The van der Waals surface area contributed by atoms with E-state index in [1.807, 2.05) is 6.07 Å². The van der Waals surface area contributed by atoms with Crippen LogP contribution in [0.25, 0.3) is 0 Å². The van der Waals surface area contributed by atoms with E-state index in [4.69, 9.17) is 16.9 Å². The van der Waals surface area contributed by atoms with E-state index in [0.29, 0.717) is 0 Å². The Morgan fingerprint density at radius 1 is 1.60 bits per heavy atom. The molecule has 1 aromatic rings. The first kappa shape index (κ1) is 10.2. The predicted octanol–water partition coefficient (Wildman–Crippen LogP) is 1.87. The molecule has 1 fully saturated rings. The zero-order valence-electron chi connectivity index (χ0n) is 8.23. The Morgan fingerprint density at radius 3 is 3.20 bits per heavy atom. The fourth-order valence-corrected chi connectivity index (χ4v) is 1.94. The van der Waals surface area contributed by atoms with Crippen LogP contribution in [-0.2, 0) is 0 Å². The second kappa shape index (κ2) is 4.45. The average molecular weight is 223 g/mol. The number of rotatable bonds is 1. The van der Waals surface area contributed by atoms with Crippen LogP contribution in [0.5, 0.6) is 0 Å². The Kier molecular flexibility index (Phi) is 3.02. The molecule has 0 bridgehead atoms. The predicted molar refractivity (Wildman–Crippen MR) is 57.6 cm³/mol. The van der Waals surface area contributed by atoms with Crippen molar-refractivity contribution >= 4 is 17.4 Å². The van der Waals surface area contributed by atoms with Crippen LogP contribution in [0.4, 0.5) is 5.82 Å². The van der Waals surface area contributed by atoms with E-state index >= 15 is 0 Å². The van der Waals surface area contributed by atoms with Crippen LogP contribution in [0.3, 0.4) is 0 Å².